The summed E-state index contributed by atoms with van der Waals surface area (Å²) in [6.45, 7) is 2.55. The van der Waals surface area contributed by atoms with Gasteiger partial charge in [-0.15, -0.1) is 0 Å². The van der Waals surface area contributed by atoms with Gasteiger partial charge < -0.3 is 15.2 Å². The number of nitrogen functional groups attached to an aromatic ring is 1. The normalized spacial score (nSPS) is 10.1. The molecular formula is C12H14N4O2. The van der Waals surface area contributed by atoms with Gasteiger partial charge in [-0.2, -0.15) is 9.97 Å². The molecule has 2 aromatic rings. The van der Waals surface area contributed by atoms with Gasteiger partial charge in [0.2, 0.25) is 11.8 Å². The summed E-state index contributed by atoms with van der Waals surface area (Å²) in [4.78, 5) is 11.9. The van der Waals surface area contributed by atoms with Crippen LogP contribution in [0.15, 0.2) is 30.9 Å². The summed E-state index contributed by atoms with van der Waals surface area (Å²) in [5.74, 6) is 1.17. The van der Waals surface area contributed by atoms with Crippen molar-refractivity contribution in [3.8, 4) is 17.5 Å². The number of ether oxygens (including phenoxy) is 2. The number of hydrogen-bond donors (Lipinski definition) is 1. The first-order chi connectivity index (χ1) is 8.81. The third kappa shape index (κ3) is 2.85. The van der Waals surface area contributed by atoms with Crippen molar-refractivity contribution in [2.45, 2.75) is 13.3 Å². The lowest BCUT2D eigenvalue weighted by atomic mass is 10.4. The van der Waals surface area contributed by atoms with Crippen molar-refractivity contribution in [1.29, 1.82) is 0 Å². The van der Waals surface area contributed by atoms with Crippen molar-refractivity contribution in [3.05, 3.63) is 30.9 Å². The van der Waals surface area contributed by atoms with Crippen LogP contribution in [0.5, 0.6) is 17.5 Å². The number of anilines is 1. The molecule has 0 unspecified atom stereocenters. The van der Waals surface area contributed by atoms with Crippen LogP contribution >= 0.6 is 0 Å². The molecule has 2 heterocycles. The average molecular weight is 246 g/mol. The van der Waals surface area contributed by atoms with Crippen LogP contribution in [0.1, 0.15) is 13.3 Å². The maximum Gasteiger partial charge on any atom is 0.249 e. The van der Waals surface area contributed by atoms with E-state index in [1.54, 1.807) is 24.5 Å². The van der Waals surface area contributed by atoms with Crippen molar-refractivity contribution in [1.82, 2.24) is 15.0 Å². The quantitative estimate of drug-likeness (QED) is 0.869. The molecule has 0 radical (unpaired) electrons. The molecule has 0 aliphatic carbocycles. The summed E-state index contributed by atoms with van der Waals surface area (Å²) < 4.78 is 10.9. The zero-order valence-corrected chi connectivity index (χ0v) is 10.0. The van der Waals surface area contributed by atoms with E-state index in [9.17, 15) is 0 Å². The van der Waals surface area contributed by atoms with Crippen LogP contribution in [0.25, 0.3) is 0 Å². The summed E-state index contributed by atoms with van der Waals surface area (Å²) >= 11 is 0. The fourth-order valence-electron chi connectivity index (χ4n) is 1.28. The highest BCUT2D eigenvalue weighted by atomic mass is 16.5. The summed E-state index contributed by atoms with van der Waals surface area (Å²) in [6, 6.07) is 3.53. The van der Waals surface area contributed by atoms with E-state index in [2.05, 4.69) is 15.0 Å². The standard InChI is InChI=1S/C12H14N4O2/c1-2-6-17-11-10(13)12(16-8-15-11)18-9-4-3-5-14-7-9/h3-5,7-8H,2,6,13H2,1H3. The Morgan fingerprint density at radius 1 is 1.28 bits per heavy atom. The second-order valence-electron chi connectivity index (χ2n) is 3.54. The Bertz CT molecular complexity index is 505. The number of rotatable bonds is 5. The van der Waals surface area contributed by atoms with Crippen LogP contribution in [-0.4, -0.2) is 21.6 Å². The lowest BCUT2D eigenvalue weighted by molar-refractivity contribution is 0.304. The molecular weight excluding hydrogens is 232 g/mol. The Morgan fingerprint density at radius 2 is 2.11 bits per heavy atom. The third-order valence-corrected chi connectivity index (χ3v) is 2.10. The van der Waals surface area contributed by atoms with Crippen LogP contribution in [-0.2, 0) is 0 Å². The number of hydrogen-bond acceptors (Lipinski definition) is 6. The smallest absolute Gasteiger partial charge is 0.249 e. The van der Waals surface area contributed by atoms with Gasteiger partial charge >= 0.3 is 0 Å². The highest BCUT2D eigenvalue weighted by Crippen LogP contribution is 2.30. The van der Waals surface area contributed by atoms with Crippen LogP contribution in [0, 0.1) is 0 Å². The first kappa shape index (κ1) is 12.1. The van der Waals surface area contributed by atoms with E-state index in [4.69, 9.17) is 15.2 Å². The summed E-state index contributed by atoms with van der Waals surface area (Å²) in [5, 5.41) is 0. The molecule has 0 bridgehead atoms. The number of nitrogens with two attached hydrogens (primary N) is 1. The second-order valence-corrected chi connectivity index (χ2v) is 3.54. The van der Waals surface area contributed by atoms with Gasteiger partial charge in [0.05, 0.1) is 12.8 Å². The first-order valence-electron chi connectivity index (χ1n) is 5.62. The molecule has 0 saturated carbocycles. The highest BCUT2D eigenvalue weighted by Gasteiger charge is 2.11. The van der Waals surface area contributed by atoms with Gasteiger partial charge in [0.25, 0.3) is 0 Å². The molecule has 0 saturated heterocycles. The van der Waals surface area contributed by atoms with Gasteiger partial charge in [0, 0.05) is 6.20 Å². The number of pyridine rings is 1. The van der Waals surface area contributed by atoms with E-state index in [-0.39, 0.29) is 11.6 Å². The third-order valence-electron chi connectivity index (χ3n) is 2.10. The molecule has 0 aliphatic rings. The average Bonchev–Trinajstić information content (AvgIpc) is 2.41. The molecule has 18 heavy (non-hydrogen) atoms. The lowest BCUT2D eigenvalue weighted by Crippen LogP contribution is -2.04. The van der Waals surface area contributed by atoms with Gasteiger partial charge in [-0.25, -0.2) is 0 Å². The summed E-state index contributed by atoms with van der Waals surface area (Å²) in [5.41, 5.74) is 6.16. The lowest BCUT2D eigenvalue weighted by Gasteiger charge is -2.10. The number of nitrogens with zero attached hydrogens (tertiary/aromatic N) is 3. The fourth-order valence-corrected chi connectivity index (χ4v) is 1.28. The summed E-state index contributed by atoms with van der Waals surface area (Å²) in [6.07, 6.45) is 5.47. The molecule has 6 heteroatoms. The molecule has 0 amide bonds. The van der Waals surface area contributed by atoms with Gasteiger partial charge in [-0.3, -0.25) is 4.98 Å². The number of aromatic nitrogens is 3. The predicted octanol–water partition coefficient (Wildman–Crippen LogP) is 2.03. The molecule has 0 aromatic carbocycles. The SMILES string of the molecule is CCCOc1ncnc(Oc2cccnc2)c1N. The highest BCUT2D eigenvalue weighted by molar-refractivity contribution is 5.56. The Kier molecular flexibility index (Phi) is 3.90. The topological polar surface area (TPSA) is 83.2 Å². The molecule has 0 spiro atoms. The van der Waals surface area contributed by atoms with E-state index in [1.165, 1.54) is 6.33 Å². The van der Waals surface area contributed by atoms with E-state index < -0.39 is 0 Å². The van der Waals surface area contributed by atoms with Crippen molar-refractivity contribution in [2.75, 3.05) is 12.3 Å². The molecule has 2 aromatic heterocycles. The predicted molar refractivity (Wildman–Crippen MR) is 66.5 cm³/mol. The van der Waals surface area contributed by atoms with Gasteiger partial charge in [0.1, 0.15) is 12.1 Å². The largest absolute Gasteiger partial charge is 0.476 e. The molecule has 2 N–H and O–H groups in total. The van der Waals surface area contributed by atoms with Gasteiger partial charge in [-0.1, -0.05) is 6.92 Å². The zero-order chi connectivity index (χ0) is 12.8. The van der Waals surface area contributed by atoms with Crippen molar-refractivity contribution in [3.63, 3.8) is 0 Å². The van der Waals surface area contributed by atoms with Crippen LogP contribution in [0.3, 0.4) is 0 Å². The molecule has 0 fully saturated rings. The molecule has 6 nitrogen and oxygen atoms in total. The van der Waals surface area contributed by atoms with Gasteiger partial charge in [0.15, 0.2) is 5.69 Å². The van der Waals surface area contributed by atoms with Crippen molar-refractivity contribution >= 4 is 5.69 Å². The monoisotopic (exact) mass is 246 g/mol. The minimum Gasteiger partial charge on any atom is -0.476 e. The molecule has 0 aliphatic heterocycles. The Labute approximate surface area is 105 Å². The summed E-state index contributed by atoms with van der Waals surface area (Å²) in [7, 11) is 0. The fraction of sp³-hybridized carbons (Fsp3) is 0.250. The Balaban J connectivity index is 2.18. The maximum atomic E-state index is 5.88. The molecule has 0 atom stereocenters. The Morgan fingerprint density at radius 3 is 2.83 bits per heavy atom. The van der Waals surface area contributed by atoms with E-state index in [0.29, 0.717) is 18.2 Å². The molecule has 2 rings (SSSR count). The first-order valence-corrected chi connectivity index (χ1v) is 5.62. The molecule has 94 valence electrons. The van der Waals surface area contributed by atoms with Crippen LogP contribution in [0.4, 0.5) is 5.69 Å². The van der Waals surface area contributed by atoms with E-state index in [1.807, 2.05) is 6.92 Å². The van der Waals surface area contributed by atoms with Crippen LogP contribution in [0.2, 0.25) is 0 Å². The Hall–Kier alpha value is -2.37. The van der Waals surface area contributed by atoms with Crippen molar-refractivity contribution < 1.29 is 9.47 Å². The van der Waals surface area contributed by atoms with E-state index in [0.717, 1.165) is 6.42 Å². The second kappa shape index (κ2) is 5.81. The minimum atomic E-state index is 0.268. The van der Waals surface area contributed by atoms with Gasteiger partial charge in [-0.05, 0) is 18.6 Å². The minimum absolute atomic E-state index is 0.268. The van der Waals surface area contributed by atoms with Crippen molar-refractivity contribution in [2.24, 2.45) is 0 Å². The maximum absolute atomic E-state index is 5.88. The van der Waals surface area contributed by atoms with Crippen LogP contribution < -0.4 is 15.2 Å². The zero-order valence-electron chi connectivity index (χ0n) is 10.0. The van der Waals surface area contributed by atoms with E-state index >= 15 is 0 Å².